The number of thioether (sulfide) groups is 1. The highest BCUT2D eigenvalue weighted by Gasteiger charge is 2.19. The average Bonchev–Trinajstić information content (AvgIpc) is 3.49. The van der Waals surface area contributed by atoms with Crippen LogP contribution < -0.4 is 10.1 Å². The van der Waals surface area contributed by atoms with Crippen LogP contribution in [0.2, 0.25) is 0 Å². The van der Waals surface area contributed by atoms with Crippen LogP contribution in [0.1, 0.15) is 47.6 Å². The van der Waals surface area contributed by atoms with Crippen LogP contribution in [0, 0.1) is 5.92 Å². The van der Waals surface area contributed by atoms with Crippen molar-refractivity contribution in [2.24, 2.45) is 5.92 Å². The molecule has 3 aromatic rings. The molecule has 8 heteroatoms. The summed E-state index contributed by atoms with van der Waals surface area (Å²) in [5.41, 5.74) is 1.01. The molecule has 0 atom stereocenters. The number of nitrogens with one attached hydrogen (secondary N) is 1. The van der Waals surface area contributed by atoms with Crippen molar-refractivity contribution in [1.82, 2.24) is 20.1 Å². The molecule has 1 N–H and O–H groups in total. The summed E-state index contributed by atoms with van der Waals surface area (Å²) < 4.78 is 7.42. The third-order valence-electron chi connectivity index (χ3n) is 5.58. The summed E-state index contributed by atoms with van der Waals surface area (Å²) in [6, 6.07) is 11.7. The van der Waals surface area contributed by atoms with Gasteiger partial charge in [0.05, 0.1) is 12.0 Å². The third kappa shape index (κ3) is 5.68. The quantitative estimate of drug-likeness (QED) is 0.460. The molecule has 164 valence electrons. The summed E-state index contributed by atoms with van der Waals surface area (Å²) in [6.07, 6.45) is 7.28. The Morgan fingerprint density at radius 1 is 1.19 bits per heavy atom. The van der Waals surface area contributed by atoms with Crippen molar-refractivity contribution in [2.45, 2.75) is 43.7 Å². The number of ether oxygens (including phenoxy) is 1. The topological polar surface area (TPSA) is 69.0 Å². The van der Waals surface area contributed by atoms with Crippen LogP contribution in [-0.4, -0.2) is 40.1 Å². The van der Waals surface area contributed by atoms with E-state index in [0.717, 1.165) is 39.0 Å². The van der Waals surface area contributed by atoms with Gasteiger partial charge in [-0.05, 0) is 54.5 Å². The van der Waals surface area contributed by atoms with Crippen LogP contribution >= 0.6 is 23.1 Å². The fourth-order valence-electron chi connectivity index (χ4n) is 3.88. The number of carbonyl (C=O) groups is 1. The average molecular weight is 457 g/mol. The molecule has 1 saturated carbocycles. The predicted octanol–water partition coefficient (Wildman–Crippen LogP) is 4.98. The Morgan fingerprint density at radius 2 is 2.00 bits per heavy atom. The Kier molecular flexibility index (Phi) is 7.64. The van der Waals surface area contributed by atoms with Crippen LogP contribution in [0.4, 0.5) is 0 Å². The first-order chi connectivity index (χ1) is 15.2. The van der Waals surface area contributed by atoms with Crippen LogP contribution in [0.25, 0.3) is 5.69 Å². The van der Waals surface area contributed by atoms with E-state index >= 15 is 0 Å². The Bertz CT molecular complexity index is 964. The normalized spacial score (nSPS) is 14.5. The van der Waals surface area contributed by atoms with Gasteiger partial charge in [0.25, 0.3) is 5.91 Å². The molecule has 1 aliphatic carbocycles. The van der Waals surface area contributed by atoms with Gasteiger partial charge in [-0.1, -0.05) is 37.1 Å². The molecule has 6 nitrogen and oxygen atoms in total. The second kappa shape index (κ2) is 10.8. The van der Waals surface area contributed by atoms with E-state index in [2.05, 4.69) is 20.1 Å². The third-order valence-corrected chi connectivity index (χ3v) is 7.61. The molecule has 2 heterocycles. The summed E-state index contributed by atoms with van der Waals surface area (Å²) in [6.45, 7) is 0.512. The number of hydrogen-bond donors (Lipinski definition) is 1. The monoisotopic (exact) mass is 456 g/mol. The summed E-state index contributed by atoms with van der Waals surface area (Å²) >= 11 is 3.23. The number of carbonyl (C=O) groups excluding carboxylic acids is 1. The highest BCUT2D eigenvalue weighted by molar-refractivity contribution is 7.99. The number of thiophene rings is 1. The van der Waals surface area contributed by atoms with Crippen molar-refractivity contribution in [3.63, 3.8) is 0 Å². The minimum absolute atomic E-state index is 0.0441. The van der Waals surface area contributed by atoms with E-state index in [9.17, 15) is 4.79 Å². The zero-order valence-electron chi connectivity index (χ0n) is 17.8. The lowest BCUT2D eigenvalue weighted by Gasteiger charge is -2.20. The molecule has 0 bridgehead atoms. The largest absolute Gasteiger partial charge is 0.497 e. The van der Waals surface area contributed by atoms with E-state index in [1.54, 1.807) is 18.9 Å². The highest BCUT2D eigenvalue weighted by Crippen LogP contribution is 2.31. The molecule has 0 aliphatic heterocycles. The Morgan fingerprint density at radius 3 is 2.71 bits per heavy atom. The lowest BCUT2D eigenvalue weighted by molar-refractivity contribution is 0.0958. The molecule has 0 radical (unpaired) electrons. The van der Waals surface area contributed by atoms with E-state index in [0.29, 0.717) is 13.0 Å². The van der Waals surface area contributed by atoms with E-state index in [4.69, 9.17) is 4.74 Å². The molecule has 31 heavy (non-hydrogen) atoms. The molecule has 1 aliphatic rings. The molecule has 4 rings (SSSR count). The number of nitrogens with zero attached hydrogens (tertiary/aromatic N) is 3. The van der Waals surface area contributed by atoms with Crippen molar-refractivity contribution >= 4 is 29.0 Å². The molecule has 0 unspecified atom stereocenters. The van der Waals surface area contributed by atoms with Gasteiger partial charge in [0.1, 0.15) is 11.6 Å². The second-order valence-electron chi connectivity index (χ2n) is 7.73. The van der Waals surface area contributed by atoms with Crippen molar-refractivity contribution in [2.75, 3.05) is 19.4 Å². The molecule has 1 fully saturated rings. The smallest absolute Gasteiger partial charge is 0.261 e. The maximum Gasteiger partial charge on any atom is 0.261 e. The van der Waals surface area contributed by atoms with E-state index in [1.165, 1.54) is 43.4 Å². The SMILES string of the molecule is COc1ccc(-n2c(CCNC(=O)c3cccs3)nnc2SCC2CCCCC2)cc1. The fourth-order valence-corrected chi connectivity index (χ4v) is 5.67. The molecule has 2 aromatic heterocycles. The number of aromatic nitrogens is 3. The van der Waals surface area contributed by atoms with Gasteiger partial charge < -0.3 is 10.1 Å². The second-order valence-corrected chi connectivity index (χ2v) is 9.67. The summed E-state index contributed by atoms with van der Waals surface area (Å²) in [5.74, 6) is 3.45. The Balaban J connectivity index is 1.47. The maximum atomic E-state index is 12.2. The molecular formula is C23H28N4O2S2. The number of methoxy groups -OCH3 is 1. The zero-order valence-corrected chi connectivity index (χ0v) is 19.4. The van der Waals surface area contributed by atoms with Crippen LogP contribution in [0.3, 0.4) is 0 Å². The van der Waals surface area contributed by atoms with Gasteiger partial charge in [0.2, 0.25) is 0 Å². The van der Waals surface area contributed by atoms with Gasteiger partial charge in [-0.25, -0.2) is 0 Å². The van der Waals surface area contributed by atoms with Crippen LogP contribution in [-0.2, 0) is 6.42 Å². The first kappa shape index (κ1) is 21.9. The summed E-state index contributed by atoms with van der Waals surface area (Å²) in [5, 5.41) is 14.8. The predicted molar refractivity (Wildman–Crippen MR) is 126 cm³/mol. The minimum Gasteiger partial charge on any atom is -0.497 e. The van der Waals surface area contributed by atoms with Crippen molar-refractivity contribution in [3.05, 3.63) is 52.5 Å². The van der Waals surface area contributed by atoms with Crippen molar-refractivity contribution in [1.29, 1.82) is 0 Å². The zero-order chi connectivity index (χ0) is 21.5. The molecular weight excluding hydrogens is 428 g/mol. The number of amides is 1. The van der Waals surface area contributed by atoms with E-state index in [1.807, 2.05) is 41.8 Å². The Labute approximate surface area is 191 Å². The number of benzene rings is 1. The maximum absolute atomic E-state index is 12.2. The summed E-state index contributed by atoms with van der Waals surface area (Å²) in [7, 11) is 1.67. The van der Waals surface area contributed by atoms with Gasteiger partial charge in [0.15, 0.2) is 5.16 Å². The van der Waals surface area contributed by atoms with Gasteiger partial charge in [0, 0.05) is 24.4 Å². The first-order valence-corrected chi connectivity index (χ1v) is 12.6. The van der Waals surface area contributed by atoms with Gasteiger partial charge >= 0.3 is 0 Å². The number of hydrogen-bond acceptors (Lipinski definition) is 6. The first-order valence-electron chi connectivity index (χ1n) is 10.8. The minimum atomic E-state index is -0.0441. The van der Waals surface area contributed by atoms with Crippen LogP contribution in [0.15, 0.2) is 46.9 Å². The molecule has 1 aromatic carbocycles. The summed E-state index contributed by atoms with van der Waals surface area (Å²) in [4.78, 5) is 13.0. The molecule has 1 amide bonds. The fraction of sp³-hybridized carbons (Fsp3) is 0.435. The highest BCUT2D eigenvalue weighted by atomic mass is 32.2. The van der Waals surface area contributed by atoms with Crippen molar-refractivity contribution in [3.8, 4) is 11.4 Å². The van der Waals surface area contributed by atoms with Crippen molar-refractivity contribution < 1.29 is 9.53 Å². The number of rotatable bonds is 9. The lowest BCUT2D eigenvalue weighted by Crippen LogP contribution is -2.25. The van der Waals surface area contributed by atoms with Crippen LogP contribution in [0.5, 0.6) is 5.75 Å². The lowest BCUT2D eigenvalue weighted by atomic mass is 9.91. The van der Waals surface area contributed by atoms with Gasteiger partial charge in [-0.2, -0.15) is 0 Å². The standard InChI is InChI=1S/C23H28N4O2S2/c1-29-19-11-9-18(10-12-19)27-21(13-14-24-22(28)20-8-5-15-30-20)25-26-23(27)31-16-17-6-3-2-4-7-17/h5,8-12,15,17H,2-4,6-7,13-14,16H2,1H3,(H,24,28). The van der Waals surface area contributed by atoms with E-state index < -0.39 is 0 Å². The van der Waals surface area contributed by atoms with Gasteiger partial charge in [-0.3, -0.25) is 9.36 Å². The van der Waals surface area contributed by atoms with Gasteiger partial charge in [-0.15, -0.1) is 21.5 Å². The Hall–Kier alpha value is -2.32. The molecule has 0 spiro atoms. The molecule has 0 saturated heterocycles. The van der Waals surface area contributed by atoms with E-state index in [-0.39, 0.29) is 5.91 Å².